The summed E-state index contributed by atoms with van der Waals surface area (Å²) in [5, 5.41) is 11.1. The molecule has 0 spiro atoms. The van der Waals surface area contributed by atoms with Crippen molar-refractivity contribution < 1.29 is 14.7 Å². The van der Waals surface area contributed by atoms with Gasteiger partial charge in [0.15, 0.2) is 0 Å². The molecule has 0 saturated heterocycles. The van der Waals surface area contributed by atoms with E-state index < -0.39 is 11.8 Å². The van der Waals surface area contributed by atoms with Crippen LogP contribution in [0.1, 0.15) is 24.3 Å². The normalized spacial score (nSPS) is 18.0. The summed E-state index contributed by atoms with van der Waals surface area (Å²) >= 11 is 0. The standard InChI is InChI=1S/C17H14O3/c18-16(17(19)20)15-8-7-14(10-15)13-6-5-11-3-1-2-4-12(11)9-13/h1-6,8-9,14H,7,10H2,(H,19,20). The highest BCUT2D eigenvalue weighted by Crippen LogP contribution is 2.35. The van der Waals surface area contributed by atoms with E-state index in [9.17, 15) is 9.59 Å². The first-order chi connectivity index (χ1) is 9.65. The maximum absolute atomic E-state index is 11.5. The molecule has 0 aliphatic heterocycles. The summed E-state index contributed by atoms with van der Waals surface area (Å²) in [6.45, 7) is 0. The molecule has 1 aliphatic carbocycles. The number of carbonyl (C=O) groups is 2. The van der Waals surface area contributed by atoms with Crippen LogP contribution in [0.25, 0.3) is 10.8 Å². The Bertz CT molecular complexity index is 728. The Morgan fingerprint density at radius 1 is 1.05 bits per heavy atom. The monoisotopic (exact) mass is 266 g/mol. The molecular weight excluding hydrogens is 252 g/mol. The van der Waals surface area contributed by atoms with Crippen molar-refractivity contribution in [2.45, 2.75) is 18.8 Å². The van der Waals surface area contributed by atoms with Gasteiger partial charge in [-0.15, -0.1) is 0 Å². The van der Waals surface area contributed by atoms with Crippen LogP contribution in [0, 0.1) is 0 Å². The van der Waals surface area contributed by atoms with E-state index in [4.69, 9.17) is 5.11 Å². The maximum atomic E-state index is 11.5. The van der Waals surface area contributed by atoms with Crippen LogP contribution in [0.5, 0.6) is 0 Å². The lowest BCUT2D eigenvalue weighted by molar-refractivity contribution is -0.147. The summed E-state index contributed by atoms with van der Waals surface area (Å²) in [6, 6.07) is 14.4. The van der Waals surface area contributed by atoms with E-state index in [1.165, 1.54) is 10.8 Å². The van der Waals surface area contributed by atoms with Crippen molar-refractivity contribution in [1.82, 2.24) is 0 Å². The second-order valence-electron chi connectivity index (χ2n) is 5.11. The van der Waals surface area contributed by atoms with Gasteiger partial charge in [-0.1, -0.05) is 48.5 Å². The van der Waals surface area contributed by atoms with Crippen LogP contribution >= 0.6 is 0 Å². The second kappa shape index (κ2) is 4.93. The molecule has 0 aromatic heterocycles. The molecule has 20 heavy (non-hydrogen) atoms. The van der Waals surface area contributed by atoms with E-state index in [0.29, 0.717) is 12.0 Å². The van der Waals surface area contributed by atoms with Gasteiger partial charge in [-0.05, 0) is 35.1 Å². The van der Waals surface area contributed by atoms with Gasteiger partial charge in [0.1, 0.15) is 0 Å². The third-order valence-electron chi connectivity index (χ3n) is 3.85. The van der Waals surface area contributed by atoms with E-state index in [-0.39, 0.29) is 5.92 Å². The maximum Gasteiger partial charge on any atom is 0.376 e. The van der Waals surface area contributed by atoms with Gasteiger partial charge in [0.05, 0.1) is 0 Å². The van der Waals surface area contributed by atoms with Crippen molar-refractivity contribution in [1.29, 1.82) is 0 Å². The minimum absolute atomic E-state index is 0.206. The van der Waals surface area contributed by atoms with Crippen LogP contribution < -0.4 is 0 Å². The highest BCUT2D eigenvalue weighted by atomic mass is 16.4. The van der Waals surface area contributed by atoms with Crippen molar-refractivity contribution >= 4 is 22.5 Å². The fraction of sp³-hybridized carbons (Fsp3) is 0.176. The summed E-state index contributed by atoms with van der Waals surface area (Å²) in [4.78, 5) is 22.2. The van der Waals surface area contributed by atoms with Gasteiger partial charge in [-0.3, -0.25) is 4.79 Å². The molecule has 3 nitrogen and oxygen atoms in total. The highest BCUT2D eigenvalue weighted by Gasteiger charge is 2.26. The van der Waals surface area contributed by atoms with Gasteiger partial charge >= 0.3 is 5.97 Å². The molecule has 2 aromatic rings. The van der Waals surface area contributed by atoms with Crippen molar-refractivity contribution in [3.05, 3.63) is 59.7 Å². The average Bonchev–Trinajstić information content (AvgIpc) is 2.95. The van der Waals surface area contributed by atoms with E-state index in [0.717, 1.165) is 12.0 Å². The first-order valence-corrected chi connectivity index (χ1v) is 6.60. The molecule has 1 aliphatic rings. The summed E-state index contributed by atoms with van der Waals surface area (Å²) in [5.41, 5.74) is 1.59. The Morgan fingerprint density at radius 3 is 2.55 bits per heavy atom. The zero-order valence-electron chi connectivity index (χ0n) is 10.9. The molecule has 2 aromatic carbocycles. The van der Waals surface area contributed by atoms with E-state index in [1.807, 2.05) is 12.1 Å². The lowest BCUT2D eigenvalue weighted by atomic mass is 9.93. The topological polar surface area (TPSA) is 54.4 Å². The van der Waals surface area contributed by atoms with Crippen molar-refractivity contribution in [3.8, 4) is 0 Å². The molecule has 0 heterocycles. The van der Waals surface area contributed by atoms with Crippen LogP contribution in [-0.4, -0.2) is 16.9 Å². The van der Waals surface area contributed by atoms with Crippen LogP contribution in [-0.2, 0) is 9.59 Å². The summed E-state index contributed by atoms with van der Waals surface area (Å²) < 4.78 is 0. The summed E-state index contributed by atoms with van der Waals surface area (Å²) in [7, 11) is 0. The number of aliphatic carboxylic acids is 1. The molecule has 0 radical (unpaired) electrons. The fourth-order valence-corrected chi connectivity index (χ4v) is 2.76. The molecule has 0 saturated carbocycles. The third-order valence-corrected chi connectivity index (χ3v) is 3.85. The number of ketones is 1. The van der Waals surface area contributed by atoms with Crippen molar-refractivity contribution in [2.24, 2.45) is 0 Å². The lowest BCUT2D eigenvalue weighted by Crippen LogP contribution is -2.14. The zero-order valence-corrected chi connectivity index (χ0v) is 10.9. The molecule has 0 amide bonds. The quantitative estimate of drug-likeness (QED) is 0.867. The van der Waals surface area contributed by atoms with Crippen molar-refractivity contribution in [3.63, 3.8) is 0 Å². The first-order valence-electron chi connectivity index (χ1n) is 6.60. The number of hydrogen-bond acceptors (Lipinski definition) is 2. The highest BCUT2D eigenvalue weighted by molar-refractivity contribution is 6.39. The Balaban J connectivity index is 1.84. The van der Waals surface area contributed by atoms with Gasteiger partial charge < -0.3 is 5.11 Å². The van der Waals surface area contributed by atoms with Crippen LogP contribution in [0.15, 0.2) is 54.1 Å². The Hall–Kier alpha value is -2.42. The van der Waals surface area contributed by atoms with Gasteiger partial charge in [0.25, 0.3) is 5.78 Å². The SMILES string of the molecule is O=C(O)C(=O)C1=CCC(c2ccc3ccccc3c2)C1. The Labute approximate surface area is 116 Å². The zero-order chi connectivity index (χ0) is 14.1. The molecule has 0 fully saturated rings. The number of benzene rings is 2. The van der Waals surface area contributed by atoms with Crippen LogP contribution in [0.2, 0.25) is 0 Å². The molecular formula is C17H14O3. The van der Waals surface area contributed by atoms with Gasteiger partial charge in [0, 0.05) is 5.57 Å². The molecule has 3 rings (SSSR count). The third kappa shape index (κ3) is 2.23. The lowest BCUT2D eigenvalue weighted by Gasteiger charge is -2.11. The van der Waals surface area contributed by atoms with E-state index in [2.05, 4.69) is 30.3 Å². The smallest absolute Gasteiger partial charge is 0.376 e. The van der Waals surface area contributed by atoms with Crippen LogP contribution in [0.3, 0.4) is 0 Å². The predicted molar refractivity (Wildman–Crippen MR) is 76.6 cm³/mol. The van der Waals surface area contributed by atoms with Gasteiger partial charge in [0.2, 0.25) is 0 Å². The molecule has 1 N–H and O–H groups in total. The van der Waals surface area contributed by atoms with E-state index >= 15 is 0 Å². The Kier molecular flexibility index (Phi) is 3.11. The number of Topliss-reactive ketones (excluding diaryl/α,β-unsaturated/α-hetero) is 1. The number of hydrogen-bond donors (Lipinski definition) is 1. The molecule has 1 unspecified atom stereocenters. The minimum Gasteiger partial charge on any atom is -0.475 e. The number of carboxylic acids is 1. The fourth-order valence-electron chi connectivity index (χ4n) is 2.76. The molecule has 100 valence electrons. The van der Waals surface area contributed by atoms with Crippen molar-refractivity contribution in [2.75, 3.05) is 0 Å². The number of carboxylic acid groups (broad SMARTS) is 1. The van der Waals surface area contributed by atoms with Gasteiger partial charge in [-0.25, -0.2) is 4.79 Å². The summed E-state index contributed by atoms with van der Waals surface area (Å²) in [5.74, 6) is -1.93. The number of allylic oxidation sites excluding steroid dienone is 1. The number of rotatable bonds is 3. The molecule has 0 bridgehead atoms. The molecule has 3 heteroatoms. The predicted octanol–water partition coefficient (Wildman–Crippen LogP) is 3.30. The first kappa shape index (κ1) is 12.6. The average molecular weight is 266 g/mol. The Morgan fingerprint density at radius 2 is 1.80 bits per heavy atom. The largest absolute Gasteiger partial charge is 0.475 e. The number of carbonyl (C=O) groups excluding carboxylic acids is 1. The second-order valence-corrected chi connectivity index (χ2v) is 5.11. The van der Waals surface area contributed by atoms with Gasteiger partial charge in [-0.2, -0.15) is 0 Å². The van der Waals surface area contributed by atoms with Crippen LogP contribution in [0.4, 0.5) is 0 Å². The number of fused-ring (bicyclic) bond motifs is 1. The minimum atomic E-state index is -1.37. The van der Waals surface area contributed by atoms with E-state index in [1.54, 1.807) is 6.08 Å². The molecule has 1 atom stereocenters. The summed E-state index contributed by atoms with van der Waals surface area (Å²) in [6.07, 6.45) is 3.01.